The Morgan fingerprint density at radius 2 is 1.58 bits per heavy atom. The van der Waals surface area contributed by atoms with Crippen LogP contribution in [0.5, 0.6) is 0 Å². The van der Waals surface area contributed by atoms with E-state index < -0.39 is 10.0 Å². The molecule has 2 saturated heterocycles. The van der Waals surface area contributed by atoms with Crippen LogP contribution in [0, 0.1) is 12.7 Å². The molecule has 1 amide bonds. The topological polar surface area (TPSA) is 60.9 Å². The number of aryl methyl sites for hydroxylation is 1. The third-order valence-electron chi connectivity index (χ3n) is 6.13. The van der Waals surface area contributed by atoms with Gasteiger partial charge in [0.2, 0.25) is 10.0 Å². The summed E-state index contributed by atoms with van der Waals surface area (Å²) in [6.07, 6.45) is 2.77. The van der Waals surface area contributed by atoms with Crippen molar-refractivity contribution in [3.63, 3.8) is 0 Å². The van der Waals surface area contributed by atoms with Gasteiger partial charge >= 0.3 is 0 Å². The van der Waals surface area contributed by atoms with E-state index in [4.69, 9.17) is 0 Å². The van der Waals surface area contributed by atoms with Crippen LogP contribution in [0.15, 0.2) is 47.4 Å². The summed E-state index contributed by atoms with van der Waals surface area (Å²) in [5.74, 6) is -0.461. The third-order valence-corrected chi connectivity index (χ3v) is 8.17. The molecule has 31 heavy (non-hydrogen) atoms. The fourth-order valence-corrected chi connectivity index (χ4v) is 6.06. The molecule has 2 aromatic rings. The van der Waals surface area contributed by atoms with Gasteiger partial charge in [0, 0.05) is 44.8 Å². The predicted octanol–water partition coefficient (Wildman–Crippen LogP) is 3.27. The summed E-state index contributed by atoms with van der Waals surface area (Å²) in [4.78, 5) is 17.0. The van der Waals surface area contributed by atoms with Gasteiger partial charge in [-0.3, -0.25) is 4.79 Å². The smallest absolute Gasteiger partial charge is 0.254 e. The first-order chi connectivity index (χ1) is 14.9. The second kappa shape index (κ2) is 8.96. The molecule has 0 saturated carbocycles. The number of carbonyl (C=O) groups excluding carboxylic acids is 1. The highest BCUT2D eigenvalue weighted by Crippen LogP contribution is 2.26. The first kappa shape index (κ1) is 21.8. The Balaban J connectivity index is 1.50. The van der Waals surface area contributed by atoms with Crippen molar-refractivity contribution in [2.45, 2.75) is 31.1 Å². The molecule has 0 bridgehead atoms. The van der Waals surface area contributed by atoms with Gasteiger partial charge in [-0.05, 0) is 49.6 Å². The van der Waals surface area contributed by atoms with Crippen molar-refractivity contribution in [1.82, 2.24) is 9.21 Å². The van der Waals surface area contributed by atoms with Crippen molar-refractivity contribution in [3.8, 4) is 0 Å². The van der Waals surface area contributed by atoms with Crippen LogP contribution in [0.4, 0.5) is 10.1 Å². The average Bonchev–Trinajstić information content (AvgIpc) is 2.80. The molecule has 2 aliphatic rings. The molecule has 6 nitrogen and oxygen atoms in total. The van der Waals surface area contributed by atoms with E-state index in [2.05, 4.69) is 0 Å². The zero-order valence-corrected chi connectivity index (χ0v) is 18.6. The number of piperazine rings is 1. The monoisotopic (exact) mass is 445 g/mol. The van der Waals surface area contributed by atoms with Crippen molar-refractivity contribution < 1.29 is 17.6 Å². The lowest BCUT2D eigenvalue weighted by atomic mass is 10.1. The van der Waals surface area contributed by atoms with Crippen LogP contribution >= 0.6 is 0 Å². The number of para-hydroxylation sites is 1. The number of amides is 1. The van der Waals surface area contributed by atoms with Crippen molar-refractivity contribution in [2.24, 2.45) is 0 Å². The minimum absolute atomic E-state index is 0.191. The van der Waals surface area contributed by atoms with Gasteiger partial charge in [-0.25, -0.2) is 12.8 Å². The standard InChI is InChI=1S/C23H28FN3O3S/c1-18-9-10-19(17-22(18)31(29,30)27-11-5-2-6-12-27)23(28)26-15-13-25(14-16-26)21-8-4-3-7-20(21)24/h3-4,7-10,17H,2,5-6,11-16H2,1H3. The molecule has 0 N–H and O–H groups in total. The van der Waals surface area contributed by atoms with E-state index in [0.29, 0.717) is 56.1 Å². The van der Waals surface area contributed by atoms with Gasteiger partial charge in [0.15, 0.2) is 0 Å². The molecule has 2 aliphatic heterocycles. The minimum Gasteiger partial charge on any atom is -0.366 e. The van der Waals surface area contributed by atoms with Gasteiger partial charge < -0.3 is 9.80 Å². The average molecular weight is 446 g/mol. The van der Waals surface area contributed by atoms with Gasteiger partial charge in [-0.2, -0.15) is 4.31 Å². The number of benzene rings is 2. The lowest BCUT2D eigenvalue weighted by Gasteiger charge is -2.36. The summed E-state index contributed by atoms with van der Waals surface area (Å²) in [5, 5.41) is 0. The summed E-state index contributed by atoms with van der Waals surface area (Å²) >= 11 is 0. The van der Waals surface area contributed by atoms with Crippen LogP contribution in [0.2, 0.25) is 0 Å². The molecule has 0 aliphatic carbocycles. The van der Waals surface area contributed by atoms with Crippen LogP contribution in [0.25, 0.3) is 0 Å². The number of halogens is 1. The zero-order chi connectivity index (χ0) is 22.0. The van der Waals surface area contributed by atoms with Crippen LogP contribution in [-0.4, -0.2) is 62.8 Å². The molecule has 0 radical (unpaired) electrons. The minimum atomic E-state index is -3.62. The van der Waals surface area contributed by atoms with Crippen molar-refractivity contribution in [2.75, 3.05) is 44.2 Å². The Morgan fingerprint density at radius 1 is 0.903 bits per heavy atom. The number of hydrogen-bond donors (Lipinski definition) is 0. The van der Waals surface area contributed by atoms with E-state index in [1.807, 2.05) is 4.90 Å². The maximum absolute atomic E-state index is 14.1. The predicted molar refractivity (Wildman–Crippen MR) is 118 cm³/mol. The highest BCUT2D eigenvalue weighted by molar-refractivity contribution is 7.89. The Morgan fingerprint density at radius 3 is 2.26 bits per heavy atom. The second-order valence-electron chi connectivity index (χ2n) is 8.18. The van der Waals surface area contributed by atoms with E-state index in [-0.39, 0.29) is 16.6 Å². The summed E-state index contributed by atoms with van der Waals surface area (Å²) in [6.45, 7) is 4.77. The summed E-state index contributed by atoms with van der Waals surface area (Å²) < 4.78 is 41.9. The zero-order valence-electron chi connectivity index (χ0n) is 17.8. The molecule has 0 unspecified atom stereocenters. The molecular weight excluding hydrogens is 417 g/mol. The Bertz CT molecular complexity index is 1060. The van der Waals surface area contributed by atoms with Crippen LogP contribution in [0.1, 0.15) is 35.2 Å². The van der Waals surface area contributed by atoms with E-state index in [0.717, 1.165) is 19.3 Å². The molecule has 2 fully saturated rings. The SMILES string of the molecule is Cc1ccc(C(=O)N2CCN(c3ccccc3F)CC2)cc1S(=O)(=O)N1CCCCC1. The van der Waals surface area contributed by atoms with Crippen molar-refractivity contribution in [1.29, 1.82) is 0 Å². The maximum atomic E-state index is 14.1. The maximum Gasteiger partial charge on any atom is 0.254 e. The van der Waals surface area contributed by atoms with E-state index in [9.17, 15) is 17.6 Å². The van der Waals surface area contributed by atoms with Crippen LogP contribution in [0.3, 0.4) is 0 Å². The van der Waals surface area contributed by atoms with Crippen LogP contribution < -0.4 is 4.90 Å². The molecule has 0 aromatic heterocycles. The molecular formula is C23H28FN3O3S. The lowest BCUT2D eigenvalue weighted by Crippen LogP contribution is -2.49. The first-order valence-corrected chi connectivity index (χ1v) is 12.2. The third kappa shape index (κ3) is 4.45. The van der Waals surface area contributed by atoms with Crippen LogP contribution in [-0.2, 0) is 10.0 Å². The summed E-state index contributed by atoms with van der Waals surface area (Å²) in [5.41, 5.74) is 1.56. The molecule has 8 heteroatoms. The fourth-order valence-electron chi connectivity index (χ4n) is 4.30. The highest BCUT2D eigenvalue weighted by Gasteiger charge is 2.29. The van der Waals surface area contributed by atoms with Gasteiger partial charge in [0.1, 0.15) is 5.82 Å². The van der Waals surface area contributed by atoms with Gasteiger partial charge in [-0.15, -0.1) is 0 Å². The fraction of sp³-hybridized carbons (Fsp3) is 0.435. The second-order valence-corrected chi connectivity index (χ2v) is 10.1. The number of nitrogens with zero attached hydrogens (tertiary/aromatic N) is 3. The largest absolute Gasteiger partial charge is 0.366 e. The normalized spacial score (nSPS) is 18.3. The number of hydrogen-bond acceptors (Lipinski definition) is 4. The van der Waals surface area contributed by atoms with Gasteiger partial charge in [0.05, 0.1) is 10.6 Å². The Labute approximate surface area is 183 Å². The first-order valence-electron chi connectivity index (χ1n) is 10.8. The highest BCUT2D eigenvalue weighted by atomic mass is 32.2. The van der Waals surface area contributed by atoms with E-state index in [1.54, 1.807) is 42.2 Å². The molecule has 166 valence electrons. The van der Waals surface area contributed by atoms with Crippen molar-refractivity contribution >= 4 is 21.6 Å². The number of piperidine rings is 1. The van der Waals surface area contributed by atoms with Gasteiger partial charge in [-0.1, -0.05) is 24.6 Å². The lowest BCUT2D eigenvalue weighted by molar-refractivity contribution is 0.0746. The molecule has 0 atom stereocenters. The molecule has 2 heterocycles. The summed E-state index contributed by atoms with van der Waals surface area (Å²) in [6, 6.07) is 11.5. The Hall–Kier alpha value is -2.45. The number of rotatable bonds is 4. The quantitative estimate of drug-likeness (QED) is 0.725. The molecule has 0 spiro atoms. The van der Waals surface area contributed by atoms with E-state index in [1.165, 1.54) is 16.4 Å². The van der Waals surface area contributed by atoms with Crippen molar-refractivity contribution in [3.05, 3.63) is 59.4 Å². The molecule has 2 aromatic carbocycles. The number of carbonyl (C=O) groups is 1. The van der Waals surface area contributed by atoms with Gasteiger partial charge in [0.25, 0.3) is 5.91 Å². The number of sulfonamides is 1. The summed E-state index contributed by atoms with van der Waals surface area (Å²) in [7, 11) is -3.62. The number of anilines is 1. The van der Waals surface area contributed by atoms with E-state index >= 15 is 0 Å². The Kier molecular flexibility index (Phi) is 6.29. The molecule has 4 rings (SSSR count).